The molecule has 2 amide bonds. The number of nitrogens with one attached hydrogen (secondary N) is 1. The number of carbonyl (C=O) groups is 2. The highest BCUT2D eigenvalue weighted by atomic mass is 16.5. The molecular formula is C13H25N3O3. The second-order valence-corrected chi connectivity index (χ2v) is 5.19. The van der Waals surface area contributed by atoms with Crippen molar-refractivity contribution in [2.45, 2.75) is 44.8 Å². The molecule has 1 rings (SSSR count). The van der Waals surface area contributed by atoms with Crippen LogP contribution >= 0.6 is 0 Å². The molecular weight excluding hydrogens is 246 g/mol. The molecule has 0 aliphatic carbocycles. The molecule has 110 valence electrons. The summed E-state index contributed by atoms with van der Waals surface area (Å²) in [6, 6.07) is 0.00905. The molecule has 2 atom stereocenters. The van der Waals surface area contributed by atoms with Gasteiger partial charge in [0, 0.05) is 19.7 Å². The van der Waals surface area contributed by atoms with Gasteiger partial charge in [-0.25, -0.2) is 0 Å². The van der Waals surface area contributed by atoms with E-state index >= 15 is 0 Å². The molecule has 0 aromatic heterocycles. The van der Waals surface area contributed by atoms with E-state index in [2.05, 4.69) is 5.32 Å². The Morgan fingerprint density at radius 1 is 1.53 bits per heavy atom. The van der Waals surface area contributed by atoms with E-state index in [1.807, 2.05) is 6.92 Å². The fraction of sp³-hybridized carbons (Fsp3) is 0.846. The first-order valence-electron chi connectivity index (χ1n) is 6.80. The van der Waals surface area contributed by atoms with Crippen molar-refractivity contribution in [1.29, 1.82) is 0 Å². The Balaban J connectivity index is 2.88. The summed E-state index contributed by atoms with van der Waals surface area (Å²) in [7, 11) is 1.52. The van der Waals surface area contributed by atoms with Gasteiger partial charge < -0.3 is 20.7 Å². The van der Waals surface area contributed by atoms with Crippen LogP contribution in [0.5, 0.6) is 0 Å². The summed E-state index contributed by atoms with van der Waals surface area (Å²) in [5.74, 6) is -0.654. The molecule has 1 aliphatic heterocycles. The minimum absolute atomic E-state index is 0.00905. The molecule has 1 heterocycles. The summed E-state index contributed by atoms with van der Waals surface area (Å²) in [4.78, 5) is 25.4. The van der Waals surface area contributed by atoms with Crippen molar-refractivity contribution < 1.29 is 14.3 Å². The van der Waals surface area contributed by atoms with E-state index in [1.165, 1.54) is 7.11 Å². The van der Waals surface area contributed by atoms with Crippen molar-refractivity contribution in [3.8, 4) is 0 Å². The van der Waals surface area contributed by atoms with Crippen molar-refractivity contribution in [3.05, 3.63) is 0 Å². The Morgan fingerprint density at radius 2 is 2.21 bits per heavy atom. The Kier molecular flexibility index (Phi) is 5.75. The monoisotopic (exact) mass is 271 g/mol. The lowest BCUT2D eigenvalue weighted by Crippen LogP contribution is -2.57. The summed E-state index contributed by atoms with van der Waals surface area (Å²) in [6.07, 6.45) is 2.43. The summed E-state index contributed by atoms with van der Waals surface area (Å²) in [6.45, 7) is 5.24. The SMILES string of the molecule is CCC(C)(OC)C(=O)N(CC(N)=O)C1CCCNC1. The Morgan fingerprint density at radius 3 is 2.63 bits per heavy atom. The number of methoxy groups -OCH3 is 1. The van der Waals surface area contributed by atoms with Crippen LogP contribution in [-0.2, 0) is 14.3 Å². The molecule has 19 heavy (non-hydrogen) atoms. The second-order valence-electron chi connectivity index (χ2n) is 5.19. The van der Waals surface area contributed by atoms with Crippen molar-refractivity contribution in [3.63, 3.8) is 0 Å². The molecule has 6 heteroatoms. The highest BCUT2D eigenvalue weighted by Crippen LogP contribution is 2.21. The molecule has 1 saturated heterocycles. The molecule has 0 spiro atoms. The van der Waals surface area contributed by atoms with Gasteiger partial charge in [0.1, 0.15) is 5.60 Å². The average Bonchev–Trinajstić information content (AvgIpc) is 2.44. The van der Waals surface area contributed by atoms with E-state index in [9.17, 15) is 9.59 Å². The highest BCUT2D eigenvalue weighted by Gasteiger charge is 2.38. The predicted octanol–water partition coefficient (Wildman–Crippen LogP) is -0.133. The van der Waals surface area contributed by atoms with Gasteiger partial charge >= 0.3 is 0 Å². The van der Waals surface area contributed by atoms with Crippen LogP contribution < -0.4 is 11.1 Å². The zero-order valence-electron chi connectivity index (χ0n) is 12.1. The maximum absolute atomic E-state index is 12.6. The second kappa shape index (κ2) is 6.86. The Labute approximate surface area is 114 Å². The summed E-state index contributed by atoms with van der Waals surface area (Å²) >= 11 is 0. The number of primary amides is 1. The van der Waals surface area contributed by atoms with Gasteiger partial charge in [-0.05, 0) is 32.7 Å². The quantitative estimate of drug-likeness (QED) is 0.704. The standard InChI is InChI=1S/C13H25N3O3/c1-4-13(2,19-3)12(18)16(9-11(14)17)10-6-5-7-15-8-10/h10,15H,4-9H2,1-3H3,(H2,14,17). The fourth-order valence-electron chi connectivity index (χ4n) is 2.32. The zero-order valence-corrected chi connectivity index (χ0v) is 12.1. The number of piperidine rings is 1. The molecule has 1 aliphatic rings. The maximum atomic E-state index is 12.6. The first-order chi connectivity index (χ1) is 8.94. The maximum Gasteiger partial charge on any atom is 0.255 e. The van der Waals surface area contributed by atoms with Gasteiger partial charge in [0.25, 0.3) is 5.91 Å². The highest BCUT2D eigenvalue weighted by molar-refractivity contribution is 5.89. The first kappa shape index (κ1) is 15.9. The molecule has 1 fully saturated rings. The van der Waals surface area contributed by atoms with Crippen LogP contribution in [0.25, 0.3) is 0 Å². The first-order valence-corrected chi connectivity index (χ1v) is 6.80. The zero-order chi connectivity index (χ0) is 14.5. The lowest BCUT2D eigenvalue weighted by Gasteiger charge is -2.39. The summed E-state index contributed by atoms with van der Waals surface area (Å²) in [5, 5.41) is 3.24. The van der Waals surface area contributed by atoms with Crippen molar-refractivity contribution in [2.24, 2.45) is 5.73 Å². The molecule has 0 saturated carbocycles. The van der Waals surface area contributed by atoms with Gasteiger partial charge in [0.2, 0.25) is 5.91 Å². The molecule has 3 N–H and O–H groups in total. The molecule has 0 aromatic rings. The number of nitrogens with two attached hydrogens (primary N) is 1. The van der Waals surface area contributed by atoms with Gasteiger partial charge in [-0.15, -0.1) is 0 Å². The van der Waals surface area contributed by atoms with Gasteiger partial charge in [-0.1, -0.05) is 6.92 Å². The van der Waals surface area contributed by atoms with Crippen molar-refractivity contribution >= 4 is 11.8 Å². The summed E-state index contributed by atoms with van der Waals surface area (Å²) in [5.41, 5.74) is 4.37. The Bertz CT molecular complexity index is 323. The number of hydrogen-bond donors (Lipinski definition) is 2. The lowest BCUT2D eigenvalue weighted by molar-refractivity contribution is -0.157. The smallest absolute Gasteiger partial charge is 0.255 e. The number of rotatable bonds is 6. The van der Waals surface area contributed by atoms with Gasteiger partial charge in [0.15, 0.2) is 0 Å². The van der Waals surface area contributed by atoms with Crippen LogP contribution in [0.15, 0.2) is 0 Å². The molecule has 2 unspecified atom stereocenters. The van der Waals surface area contributed by atoms with Crippen LogP contribution in [0, 0.1) is 0 Å². The molecule has 0 bridgehead atoms. The van der Waals surface area contributed by atoms with Crippen LogP contribution in [-0.4, -0.2) is 55.1 Å². The van der Waals surface area contributed by atoms with Crippen LogP contribution in [0.2, 0.25) is 0 Å². The van der Waals surface area contributed by atoms with Crippen LogP contribution in [0.3, 0.4) is 0 Å². The minimum Gasteiger partial charge on any atom is -0.369 e. The minimum atomic E-state index is -0.896. The van der Waals surface area contributed by atoms with Crippen molar-refractivity contribution in [1.82, 2.24) is 10.2 Å². The largest absolute Gasteiger partial charge is 0.369 e. The lowest BCUT2D eigenvalue weighted by atomic mass is 9.98. The Hall–Kier alpha value is -1.14. The summed E-state index contributed by atoms with van der Waals surface area (Å²) < 4.78 is 5.34. The number of hydrogen-bond acceptors (Lipinski definition) is 4. The van der Waals surface area contributed by atoms with Gasteiger partial charge in [0.05, 0.1) is 6.54 Å². The van der Waals surface area contributed by atoms with E-state index in [0.717, 1.165) is 19.4 Å². The third-order valence-corrected chi connectivity index (χ3v) is 3.88. The fourth-order valence-corrected chi connectivity index (χ4v) is 2.32. The molecule has 0 radical (unpaired) electrons. The van der Waals surface area contributed by atoms with Crippen molar-refractivity contribution in [2.75, 3.05) is 26.7 Å². The van der Waals surface area contributed by atoms with E-state index < -0.39 is 11.5 Å². The number of amides is 2. The number of ether oxygens (including phenoxy) is 1. The van der Waals surface area contributed by atoms with E-state index in [0.29, 0.717) is 13.0 Å². The van der Waals surface area contributed by atoms with E-state index in [1.54, 1.807) is 11.8 Å². The van der Waals surface area contributed by atoms with Crippen LogP contribution in [0.1, 0.15) is 33.1 Å². The number of carbonyl (C=O) groups excluding carboxylic acids is 2. The van der Waals surface area contributed by atoms with Gasteiger partial charge in [-0.2, -0.15) is 0 Å². The number of nitrogens with zero attached hydrogens (tertiary/aromatic N) is 1. The molecule has 6 nitrogen and oxygen atoms in total. The van der Waals surface area contributed by atoms with Crippen LogP contribution in [0.4, 0.5) is 0 Å². The average molecular weight is 271 g/mol. The molecule has 0 aromatic carbocycles. The van der Waals surface area contributed by atoms with Gasteiger partial charge in [-0.3, -0.25) is 9.59 Å². The van der Waals surface area contributed by atoms with E-state index in [-0.39, 0.29) is 18.5 Å². The predicted molar refractivity (Wildman–Crippen MR) is 72.5 cm³/mol. The normalized spacial score (nSPS) is 22.6. The topological polar surface area (TPSA) is 84.7 Å². The third-order valence-electron chi connectivity index (χ3n) is 3.88. The third kappa shape index (κ3) is 3.91. The van der Waals surface area contributed by atoms with E-state index in [4.69, 9.17) is 10.5 Å².